The van der Waals surface area contributed by atoms with Gasteiger partial charge in [0, 0.05) is 24.4 Å². The third-order valence-electron chi connectivity index (χ3n) is 5.66. The molecule has 25 heavy (non-hydrogen) atoms. The molecule has 0 amide bonds. The molecule has 1 aliphatic carbocycles. The molecule has 0 aromatic heterocycles. The lowest BCUT2D eigenvalue weighted by Crippen LogP contribution is -2.34. The Labute approximate surface area is 155 Å². The van der Waals surface area contributed by atoms with E-state index in [0.717, 1.165) is 6.42 Å². The van der Waals surface area contributed by atoms with E-state index in [1.165, 1.54) is 29.7 Å². The third-order valence-corrected chi connectivity index (χ3v) is 5.66. The zero-order valence-electron chi connectivity index (χ0n) is 17.0. The van der Waals surface area contributed by atoms with E-state index in [1.807, 2.05) is 6.08 Å². The highest BCUT2D eigenvalue weighted by molar-refractivity contribution is 5.36. The van der Waals surface area contributed by atoms with Gasteiger partial charge in [-0.05, 0) is 41.7 Å². The highest BCUT2D eigenvalue weighted by atomic mass is 15.1. The molecule has 0 saturated heterocycles. The SMILES string of the molecule is C=C/C(=C\N(C)C1=C[C@@](c2ccccc2)(C(C)C)CCC1)C(C)(C)C. The molecule has 1 aromatic carbocycles. The summed E-state index contributed by atoms with van der Waals surface area (Å²) < 4.78 is 0. The van der Waals surface area contributed by atoms with Gasteiger partial charge >= 0.3 is 0 Å². The van der Waals surface area contributed by atoms with Crippen molar-refractivity contribution in [2.24, 2.45) is 11.3 Å². The molecule has 0 spiro atoms. The molecule has 0 saturated carbocycles. The lowest BCUT2D eigenvalue weighted by Gasteiger charge is -2.41. The van der Waals surface area contributed by atoms with Gasteiger partial charge in [-0.25, -0.2) is 0 Å². The standard InChI is InChI=1S/C24H35N/c1-8-20(23(4,5)6)18-25(7)22-15-12-16-24(17-22,19(2)3)21-13-10-9-11-14-21/h8-11,13-14,17-19H,1,12,15-16H2,2-7H3/b20-18+/t24-/m1/s1. The van der Waals surface area contributed by atoms with Crippen molar-refractivity contribution in [3.8, 4) is 0 Å². The summed E-state index contributed by atoms with van der Waals surface area (Å²) in [6.45, 7) is 15.4. The van der Waals surface area contributed by atoms with Crippen molar-refractivity contribution >= 4 is 0 Å². The van der Waals surface area contributed by atoms with Gasteiger partial charge in [0.25, 0.3) is 0 Å². The van der Waals surface area contributed by atoms with Crippen LogP contribution in [0.3, 0.4) is 0 Å². The van der Waals surface area contributed by atoms with Crippen LogP contribution in [0.25, 0.3) is 0 Å². The number of allylic oxidation sites excluding steroid dienone is 4. The monoisotopic (exact) mass is 337 g/mol. The van der Waals surface area contributed by atoms with Crippen LogP contribution in [0.2, 0.25) is 0 Å². The van der Waals surface area contributed by atoms with Crippen molar-refractivity contribution in [1.29, 1.82) is 0 Å². The maximum atomic E-state index is 4.02. The molecule has 0 N–H and O–H groups in total. The molecular formula is C24H35N. The van der Waals surface area contributed by atoms with Crippen LogP contribution in [0.5, 0.6) is 0 Å². The number of rotatable bonds is 5. The minimum absolute atomic E-state index is 0.111. The highest BCUT2D eigenvalue weighted by Crippen LogP contribution is 2.44. The summed E-state index contributed by atoms with van der Waals surface area (Å²) in [5, 5.41) is 0. The molecule has 2 rings (SSSR count). The van der Waals surface area contributed by atoms with Crippen molar-refractivity contribution in [2.75, 3.05) is 7.05 Å². The number of hydrogen-bond donors (Lipinski definition) is 0. The average molecular weight is 338 g/mol. The minimum Gasteiger partial charge on any atom is -0.354 e. The zero-order valence-corrected chi connectivity index (χ0v) is 17.0. The summed E-state index contributed by atoms with van der Waals surface area (Å²) in [5.74, 6) is 0.573. The van der Waals surface area contributed by atoms with Crippen molar-refractivity contribution in [2.45, 2.75) is 59.3 Å². The van der Waals surface area contributed by atoms with E-state index in [-0.39, 0.29) is 10.8 Å². The maximum Gasteiger partial charge on any atom is 0.0175 e. The summed E-state index contributed by atoms with van der Waals surface area (Å²) >= 11 is 0. The Balaban J connectivity index is 2.44. The van der Waals surface area contributed by atoms with Crippen LogP contribution in [0.1, 0.15) is 59.4 Å². The highest BCUT2D eigenvalue weighted by Gasteiger charge is 2.36. The molecule has 1 heteroatoms. The Hall–Kier alpha value is -1.76. The van der Waals surface area contributed by atoms with Gasteiger partial charge in [-0.2, -0.15) is 0 Å². The van der Waals surface area contributed by atoms with Gasteiger partial charge in [-0.3, -0.25) is 0 Å². The summed E-state index contributed by atoms with van der Waals surface area (Å²) in [5.41, 5.74) is 4.38. The van der Waals surface area contributed by atoms with Gasteiger partial charge in [-0.15, -0.1) is 0 Å². The van der Waals surface area contributed by atoms with Crippen molar-refractivity contribution in [3.63, 3.8) is 0 Å². The second-order valence-corrected chi connectivity index (χ2v) is 8.70. The Morgan fingerprint density at radius 2 is 1.84 bits per heavy atom. The van der Waals surface area contributed by atoms with E-state index < -0.39 is 0 Å². The molecule has 1 nitrogen and oxygen atoms in total. The Morgan fingerprint density at radius 3 is 2.36 bits per heavy atom. The average Bonchev–Trinajstić information content (AvgIpc) is 2.59. The van der Waals surface area contributed by atoms with E-state index in [1.54, 1.807) is 0 Å². The first-order valence-electron chi connectivity index (χ1n) is 9.55. The molecule has 0 aliphatic heterocycles. The van der Waals surface area contributed by atoms with E-state index in [9.17, 15) is 0 Å². The zero-order chi connectivity index (χ0) is 18.7. The van der Waals surface area contributed by atoms with Gasteiger partial charge < -0.3 is 4.90 Å². The summed E-state index contributed by atoms with van der Waals surface area (Å²) in [4.78, 5) is 2.32. The number of hydrogen-bond acceptors (Lipinski definition) is 1. The number of nitrogens with zero attached hydrogens (tertiary/aromatic N) is 1. The van der Waals surface area contributed by atoms with Crippen LogP contribution in [-0.4, -0.2) is 11.9 Å². The lowest BCUT2D eigenvalue weighted by atomic mass is 9.65. The minimum atomic E-state index is 0.111. The molecule has 0 unspecified atom stereocenters. The molecule has 0 fully saturated rings. The fraction of sp³-hybridized carbons (Fsp3) is 0.500. The van der Waals surface area contributed by atoms with Gasteiger partial charge in [0.15, 0.2) is 0 Å². The largest absolute Gasteiger partial charge is 0.354 e. The molecule has 0 radical (unpaired) electrons. The molecule has 1 atom stereocenters. The maximum absolute atomic E-state index is 4.02. The van der Waals surface area contributed by atoms with Gasteiger partial charge in [0.1, 0.15) is 0 Å². The van der Waals surface area contributed by atoms with Crippen molar-refractivity contribution in [3.05, 3.63) is 72.1 Å². The van der Waals surface area contributed by atoms with Crippen LogP contribution in [-0.2, 0) is 5.41 Å². The van der Waals surface area contributed by atoms with Crippen LogP contribution < -0.4 is 0 Å². The van der Waals surface area contributed by atoms with Crippen LogP contribution in [0.15, 0.2) is 66.5 Å². The second-order valence-electron chi connectivity index (χ2n) is 8.70. The molecule has 1 aromatic rings. The van der Waals surface area contributed by atoms with Crippen LogP contribution >= 0.6 is 0 Å². The van der Waals surface area contributed by atoms with Crippen LogP contribution in [0, 0.1) is 11.3 Å². The first-order chi connectivity index (χ1) is 11.7. The molecule has 0 bridgehead atoms. The molecule has 0 heterocycles. The van der Waals surface area contributed by atoms with E-state index in [2.05, 4.69) is 95.8 Å². The van der Waals surface area contributed by atoms with E-state index >= 15 is 0 Å². The fourth-order valence-corrected chi connectivity index (χ4v) is 3.89. The molecule has 1 aliphatic rings. The fourth-order valence-electron chi connectivity index (χ4n) is 3.89. The molecule has 136 valence electrons. The van der Waals surface area contributed by atoms with Crippen LogP contribution in [0.4, 0.5) is 0 Å². The predicted octanol–water partition coefficient (Wildman–Crippen LogP) is 6.70. The Morgan fingerprint density at radius 1 is 1.20 bits per heavy atom. The summed E-state index contributed by atoms with van der Waals surface area (Å²) in [6.07, 6.45) is 10.4. The first kappa shape index (κ1) is 19.6. The second kappa shape index (κ2) is 7.64. The van der Waals surface area contributed by atoms with Gasteiger partial charge in [-0.1, -0.05) is 83.7 Å². The topological polar surface area (TPSA) is 3.24 Å². The van der Waals surface area contributed by atoms with Crippen molar-refractivity contribution < 1.29 is 0 Å². The summed E-state index contributed by atoms with van der Waals surface area (Å²) in [7, 11) is 2.18. The summed E-state index contributed by atoms with van der Waals surface area (Å²) in [6, 6.07) is 11.0. The van der Waals surface area contributed by atoms with Crippen molar-refractivity contribution in [1.82, 2.24) is 4.90 Å². The smallest absolute Gasteiger partial charge is 0.0175 e. The number of benzene rings is 1. The lowest BCUT2D eigenvalue weighted by molar-refractivity contribution is 0.315. The van der Waals surface area contributed by atoms with Gasteiger partial charge in [0.05, 0.1) is 0 Å². The van der Waals surface area contributed by atoms with Gasteiger partial charge in [0.2, 0.25) is 0 Å². The Bertz CT molecular complexity index is 642. The Kier molecular flexibility index (Phi) is 5.98. The predicted molar refractivity (Wildman–Crippen MR) is 110 cm³/mol. The third kappa shape index (κ3) is 4.26. The van der Waals surface area contributed by atoms with E-state index in [4.69, 9.17) is 0 Å². The first-order valence-corrected chi connectivity index (χ1v) is 9.55. The quantitative estimate of drug-likeness (QED) is 0.541. The molecular weight excluding hydrogens is 302 g/mol. The normalized spacial score (nSPS) is 21.9. The van der Waals surface area contributed by atoms with E-state index in [0.29, 0.717) is 5.92 Å².